The minimum atomic E-state index is -3.48. The van der Waals surface area contributed by atoms with Crippen molar-refractivity contribution in [2.24, 2.45) is 5.10 Å². The molecule has 9 heteroatoms. The van der Waals surface area contributed by atoms with Crippen molar-refractivity contribution in [3.8, 4) is 5.75 Å². The molecule has 0 aromatic heterocycles. The normalized spacial score (nSPS) is 11.7. The number of nitrogens with zero attached hydrogens (tertiary/aromatic N) is 1. The summed E-state index contributed by atoms with van der Waals surface area (Å²) in [6, 6.07) is 13.4. The quantitative estimate of drug-likeness (QED) is 0.468. The van der Waals surface area contributed by atoms with Gasteiger partial charge in [0.25, 0.3) is 5.91 Å². The van der Waals surface area contributed by atoms with Crippen LogP contribution in [0.3, 0.4) is 0 Å². The van der Waals surface area contributed by atoms with Crippen molar-refractivity contribution >= 4 is 27.3 Å². The average Bonchev–Trinajstić information content (AvgIpc) is 2.70. The van der Waals surface area contributed by atoms with E-state index >= 15 is 0 Å². The molecule has 0 atom stereocenters. The van der Waals surface area contributed by atoms with Gasteiger partial charge in [0.1, 0.15) is 5.75 Å². The third-order valence-corrected chi connectivity index (χ3v) is 5.17. The summed E-state index contributed by atoms with van der Waals surface area (Å²) in [6.07, 6.45) is 0. The highest BCUT2D eigenvalue weighted by Crippen LogP contribution is 2.14. The lowest BCUT2D eigenvalue weighted by Gasteiger charge is -2.07. The van der Waals surface area contributed by atoms with Gasteiger partial charge in [0.2, 0.25) is 10.0 Å². The molecule has 0 aliphatic rings. The van der Waals surface area contributed by atoms with Crippen molar-refractivity contribution in [1.29, 1.82) is 0 Å². The molecule has 0 fully saturated rings. The Morgan fingerprint density at radius 1 is 1.07 bits per heavy atom. The molecule has 0 heterocycles. The monoisotopic (exact) mass is 390 g/mol. The molecule has 2 aromatic rings. The first kappa shape index (κ1) is 20.4. The summed E-state index contributed by atoms with van der Waals surface area (Å²) >= 11 is 0. The smallest absolute Gasteiger partial charge is 0.259 e. The Bertz CT molecular complexity index is 907. The highest BCUT2D eigenvalue weighted by Gasteiger charge is 2.11. The van der Waals surface area contributed by atoms with Crippen LogP contribution in [0.2, 0.25) is 0 Å². The van der Waals surface area contributed by atoms with E-state index in [1.54, 1.807) is 50.4 Å². The van der Waals surface area contributed by atoms with Gasteiger partial charge < -0.3 is 10.1 Å². The maximum atomic E-state index is 11.9. The first-order valence-electron chi connectivity index (χ1n) is 8.11. The van der Waals surface area contributed by atoms with E-state index in [-0.39, 0.29) is 17.3 Å². The van der Waals surface area contributed by atoms with E-state index in [0.717, 1.165) is 11.4 Å². The Morgan fingerprint density at radius 3 is 2.26 bits per heavy atom. The zero-order valence-corrected chi connectivity index (χ0v) is 16.1. The molecule has 0 bridgehead atoms. The zero-order chi connectivity index (χ0) is 19.9. The lowest BCUT2D eigenvalue weighted by atomic mass is 10.1. The third kappa shape index (κ3) is 5.80. The van der Waals surface area contributed by atoms with Crippen molar-refractivity contribution in [3.05, 3.63) is 54.1 Å². The molecule has 1 amide bonds. The van der Waals surface area contributed by atoms with Gasteiger partial charge in [-0.05, 0) is 55.9 Å². The SMILES string of the molecule is CNS(=O)(=O)c1ccc(/C(C)=N\NC(=O)CNc2ccc(OC)cc2)cc1. The molecule has 0 saturated heterocycles. The van der Waals surface area contributed by atoms with Crippen LogP contribution in [0.1, 0.15) is 12.5 Å². The van der Waals surface area contributed by atoms with Crippen molar-refractivity contribution in [3.63, 3.8) is 0 Å². The Hall–Kier alpha value is -2.91. The number of anilines is 1. The first-order chi connectivity index (χ1) is 12.9. The lowest BCUT2D eigenvalue weighted by molar-refractivity contribution is -0.119. The van der Waals surface area contributed by atoms with Gasteiger partial charge in [-0.15, -0.1) is 0 Å². The molecule has 2 rings (SSSR count). The predicted octanol–water partition coefficient (Wildman–Crippen LogP) is 1.56. The van der Waals surface area contributed by atoms with Crippen LogP contribution >= 0.6 is 0 Å². The second kappa shape index (κ2) is 9.15. The Morgan fingerprint density at radius 2 is 1.70 bits per heavy atom. The predicted molar refractivity (Wildman–Crippen MR) is 105 cm³/mol. The van der Waals surface area contributed by atoms with Crippen LogP contribution in [0.5, 0.6) is 5.75 Å². The number of hydrogen-bond donors (Lipinski definition) is 3. The van der Waals surface area contributed by atoms with Crippen molar-refractivity contribution in [1.82, 2.24) is 10.1 Å². The molecular weight excluding hydrogens is 368 g/mol. The molecule has 3 N–H and O–H groups in total. The van der Waals surface area contributed by atoms with Crippen molar-refractivity contribution in [2.45, 2.75) is 11.8 Å². The summed E-state index contributed by atoms with van der Waals surface area (Å²) < 4.78 is 30.7. The largest absolute Gasteiger partial charge is 0.497 e. The third-order valence-electron chi connectivity index (χ3n) is 3.74. The van der Waals surface area contributed by atoms with Crippen molar-refractivity contribution < 1.29 is 17.9 Å². The molecule has 27 heavy (non-hydrogen) atoms. The van der Waals surface area contributed by atoms with Gasteiger partial charge in [0.15, 0.2) is 0 Å². The summed E-state index contributed by atoms with van der Waals surface area (Å²) in [6.45, 7) is 1.78. The Kier molecular flexibility index (Phi) is 6.91. The molecule has 8 nitrogen and oxygen atoms in total. The number of nitrogens with one attached hydrogen (secondary N) is 3. The molecule has 0 unspecified atom stereocenters. The van der Waals surface area contributed by atoms with Gasteiger partial charge in [-0.1, -0.05) is 12.1 Å². The van der Waals surface area contributed by atoms with Crippen molar-refractivity contribution in [2.75, 3.05) is 26.0 Å². The number of ether oxygens (including phenoxy) is 1. The number of hydrogen-bond acceptors (Lipinski definition) is 6. The van der Waals surface area contributed by atoms with Gasteiger partial charge in [0.05, 0.1) is 24.3 Å². The van der Waals surface area contributed by atoms with Gasteiger partial charge in [-0.3, -0.25) is 4.79 Å². The number of rotatable bonds is 8. The van der Waals surface area contributed by atoms with Crippen LogP contribution in [0.4, 0.5) is 5.69 Å². The minimum absolute atomic E-state index is 0.0580. The molecule has 0 radical (unpaired) electrons. The van der Waals surface area contributed by atoms with Crippen LogP contribution in [0.25, 0.3) is 0 Å². The second-order valence-corrected chi connectivity index (χ2v) is 7.43. The van der Waals surface area contributed by atoms with Crippen LogP contribution in [-0.2, 0) is 14.8 Å². The molecule has 2 aromatic carbocycles. The van der Waals surface area contributed by atoms with E-state index in [1.807, 2.05) is 0 Å². The maximum absolute atomic E-state index is 11.9. The molecule has 0 aliphatic carbocycles. The number of sulfonamides is 1. The van der Waals surface area contributed by atoms with Crippen LogP contribution < -0.4 is 20.2 Å². The fraction of sp³-hybridized carbons (Fsp3) is 0.222. The summed E-state index contributed by atoms with van der Waals surface area (Å²) in [5, 5.41) is 7.02. The highest BCUT2D eigenvalue weighted by atomic mass is 32.2. The zero-order valence-electron chi connectivity index (χ0n) is 15.3. The topological polar surface area (TPSA) is 109 Å². The Labute approximate surface area is 158 Å². The number of amides is 1. The molecule has 0 saturated carbocycles. The van der Waals surface area contributed by atoms with E-state index in [0.29, 0.717) is 11.3 Å². The van der Waals surface area contributed by atoms with E-state index < -0.39 is 10.0 Å². The van der Waals surface area contributed by atoms with Crippen LogP contribution in [0, 0.1) is 0 Å². The second-order valence-electron chi connectivity index (χ2n) is 5.55. The summed E-state index contributed by atoms with van der Waals surface area (Å²) in [7, 11) is -0.541. The maximum Gasteiger partial charge on any atom is 0.259 e. The van der Waals surface area contributed by atoms with E-state index in [1.165, 1.54) is 19.2 Å². The van der Waals surface area contributed by atoms with E-state index in [2.05, 4.69) is 20.6 Å². The molecule has 0 aliphatic heterocycles. The van der Waals surface area contributed by atoms with Gasteiger partial charge in [-0.2, -0.15) is 5.10 Å². The van der Waals surface area contributed by atoms with E-state index in [4.69, 9.17) is 4.74 Å². The molecule has 144 valence electrons. The fourth-order valence-electron chi connectivity index (χ4n) is 2.13. The summed E-state index contributed by atoms with van der Waals surface area (Å²) in [5.41, 5.74) is 4.51. The number of benzene rings is 2. The molecular formula is C18H22N4O4S. The molecule has 0 spiro atoms. The lowest BCUT2D eigenvalue weighted by Crippen LogP contribution is -2.26. The first-order valence-corrected chi connectivity index (χ1v) is 9.59. The van der Waals surface area contributed by atoms with Crippen LogP contribution in [-0.4, -0.2) is 40.7 Å². The average molecular weight is 390 g/mol. The number of hydrazone groups is 1. The minimum Gasteiger partial charge on any atom is -0.497 e. The van der Waals surface area contributed by atoms with Crippen LogP contribution in [0.15, 0.2) is 58.5 Å². The number of carbonyl (C=O) groups excluding carboxylic acids is 1. The number of methoxy groups -OCH3 is 1. The van der Waals surface area contributed by atoms with E-state index in [9.17, 15) is 13.2 Å². The summed E-state index contributed by atoms with van der Waals surface area (Å²) in [5.74, 6) is 0.429. The highest BCUT2D eigenvalue weighted by molar-refractivity contribution is 7.89. The fourth-order valence-corrected chi connectivity index (χ4v) is 2.86. The standard InChI is InChI=1S/C18H22N4O4S/c1-13(14-4-10-17(11-5-14)27(24,25)19-2)21-22-18(23)12-20-15-6-8-16(26-3)9-7-15/h4-11,19-20H,12H2,1-3H3,(H,22,23)/b21-13-. The van der Waals surface area contributed by atoms with Gasteiger partial charge in [-0.25, -0.2) is 18.6 Å². The number of carbonyl (C=O) groups is 1. The summed E-state index contributed by atoms with van der Waals surface area (Å²) in [4.78, 5) is 12.1. The van der Waals surface area contributed by atoms with Gasteiger partial charge >= 0.3 is 0 Å². The van der Waals surface area contributed by atoms with Gasteiger partial charge in [0, 0.05) is 5.69 Å². The Balaban J connectivity index is 1.91.